The molecule has 2 unspecified atom stereocenters. The predicted molar refractivity (Wildman–Crippen MR) is 66.4 cm³/mol. The first kappa shape index (κ1) is 12.6. The van der Waals surface area contributed by atoms with Gasteiger partial charge in [0.1, 0.15) is 5.01 Å². The van der Waals surface area contributed by atoms with Gasteiger partial charge < -0.3 is 5.32 Å². The van der Waals surface area contributed by atoms with E-state index in [1.54, 1.807) is 18.3 Å². The van der Waals surface area contributed by atoms with Crippen LogP contribution in [-0.2, 0) is 11.2 Å². The second kappa shape index (κ2) is 5.61. The van der Waals surface area contributed by atoms with E-state index in [1.807, 2.05) is 13.1 Å². The van der Waals surface area contributed by atoms with E-state index < -0.39 is 0 Å². The first-order valence-corrected chi connectivity index (χ1v) is 6.66. The number of halogens is 1. The van der Waals surface area contributed by atoms with Crippen molar-refractivity contribution in [3.8, 4) is 0 Å². The van der Waals surface area contributed by atoms with Gasteiger partial charge in [0.15, 0.2) is 0 Å². The Morgan fingerprint density at radius 3 is 2.80 bits per heavy atom. The maximum absolute atomic E-state index is 11.4. The molecule has 0 radical (unpaired) electrons. The predicted octanol–water partition coefficient (Wildman–Crippen LogP) is 2.67. The van der Waals surface area contributed by atoms with Gasteiger partial charge in [0.05, 0.1) is 10.9 Å². The Morgan fingerprint density at radius 1 is 1.67 bits per heavy atom. The van der Waals surface area contributed by atoms with Crippen LogP contribution in [0, 0.1) is 0 Å². The van der Waals surface area contributed by atoms with Crippen LogP contribution >= 0.6 is 27.3 Å². The number of rotatable bonds is 4. The molecule has 1 amide bonds. The Hall–Kier alpha value is -0.420. The zero-order valence-electron chi connectivity index (χ0n) is 9.08. The van der Waals surface area contributed by atoms with Gasteiger partial charge in [0.25, 0.3) is 0 Å². The van der Waals surface area contributed by atoms with E-state index in [1.165, 1.54) is 4.88 Å². The van der Waals surface area contributed by atoms with Crippen LogP contribution < -0.4 is 5.32 Å². The van der Waals surface area contributed by atoms with Crippen molar-refractivity contribution < 1.29 is 4.79 Å². The van der Waals surface area contributed by atoms with Gasteiger partial charge in [-0.05, 0) is 20.3 Å². The number of amides is 1. The first-order chi connectivity index (χ1) is 7.04. The summed E-state index contributed by atoms with van der Waals surface area (Å²) in [6.45, 7) is 5.86. The van der Waals surface area contributed by atoms with Crippen molar-refractivity contribution >= 4 is 33.2 Å². The lowest BCUT2D eigenvalue weighted by Crippen LogP contribution is -2.31. The number of hydrogen-bond acceptors (Lipinski definition) is 3. The molecule has 84 valence electrons. The molecular weight excluding hydrogens is 276 g/mol. The van der Waals surface area contributed by atoms with Crippen molar-refractivity contribution in [1.82, 2.24) is 10.3 Å². The van der Waals surface area contributed by atoms with Crippen LogP contribution in [0.5, 0.6) is 0 Å². The Morgan fingerprint density at radius 2 is 2.33 bits per heavy atom. The minimum Gasteiger partial charge on any atom is -0.346 e. The van der Waals surface area contributed by atoms with Crippen LogP contribution in [0.2, 0.25) is 0 Å². The van der Waals surface area contributed by atoms with Crippen LogP contribution in [0.4, 0.5) is 0 Å². The van der Waals surface area contributed by atoms with Crippen LogP contribution in [0.3, 0.4) is 0 Å². The third kappa shape index (κ3) is 3.57. The molecule has 0 saturated carbocycles. The summed E-state index contributed by atoms with van der Waals surface area (Å²) in [7, 11) is 0. The highest BCUT2D eigenvalue weighted by atomic mass is 79.9. The second-order valence-electron chi connectivity index (χ2n) is 3.36. The number of carbonyl (C=O) groups excluding carboxylic acids is 1. The van der Waals surface area contributed by atoms with E-state index in [9.17, 15) is 4.79 Å². The minimum absolute atomic E-state index is 0.00394. The third-order valence-corrected chi connectivity index (χ3v) is 3.75. The summed E-state index contributed by atoms with van der Waals surface area (Å²) >= 11 is 4.88. The molecule has 0 saturated heterocycles. The van der Waals surface area contributed by atoms with Gasteiger partial charge in [0.2, 0.25) is 5.91 Å². The summed E-state index contributed by atoms with van der Waals surface area (Å²) in [6, 6.07) is -0.0113. The Kier molecular flexibility index (Phi) is 4.73. The van der Waals surface area contributed by atoms with Crippen molar-refractivity contribution in [2.75, 3.05) is 0 Å². The Labute approximate surface area is 102 Å². The molecule has 2 atom stereocenters. The summed E-state index contributed by atoms with van der Waals surface area (Å²) in [5, 5.41) is 3.86. The highest BCUT2D eigenvalue weighted by Gasteiger charge is 2.15. The standard InChI is InChI=1S/C10H15BrN2OS/c1-4-8-5-12-10(15-8)7(3)13-9(14)6(2)11/h5-7H,4H2,1-3H3,(H,13,14). The van der Waals surface area contributed by atoms with Crippen molar-refractivity contribution in [2.45, 2.75) is 38.1 Å². The molecule has 0 aliphatic carbocycles. The fourth-order valence-electron chi connectivity index (χ4n) is 1.08. The van der Waals surface area contributed by atoms with Crippen LogP contribution in [-0.4, -0.2) is 15.7 Å². The average molecular weight is 291 g/mol. The summed E-state index contributed by atoms with van der Waals surface area (Å²) in [5.41, 5.74) is 0. The van der Waals surface area contributed by atoms with E-state index in [0.29, 0.717) is 0 Å². The molecule has 1 aromatic heterocycles. The lowest BCUT2D eigenvalue weighted by Gasteiger charge is -2.12. The zero-order chi connectivity index (χ0) is 11.4. The SMILES string of the molecule is CCc1cnc(C(C)NC(=O)C(C)Br)s1. The van der Waals surface area contributed by atoms with E-state index >= 15 is 0 Å². The van der Waals surface area contributed by atoms with Crippen molar-refractivity contribution in [3.05, 3.63) is 16.1 Å². The molecule has 0 bridgehead atoms. The molecule has 0 aliphatic heterocycles. The highest BCUT2D eigenvalue weighted by molar-refractivity contribution is 9.10. The van der Waals surface area contributed by atoms with Crippen molar-refractivity contribution in [3.63, 3.8) is 0 Å². The van der Waals surface area contributed by atoms with E-state index in [-0.39, 0.29) is 16.8 Å². The fraction of sp³-hybridized carbons (Fsp3) is 0.600. The molecule has 1 N–H and O–H groups in total. The highest BCUT2D eigenvalue weighted by Crippen LogP contribution is 2.20. The van der Waals surface area contributed by atoms with Gasteiger partial charge in [-0.25, -0.2) is 4.98 Å². The molecule has 0 aromatic carbocycles. The maximum Gasteiger partial charge on any atom is 0.234 e. The number of nitrogens with one attached hydrogen (secondary N) is 1. The first-order valence-electron chi connectivity index (χ1n) is 4.93. The fourth-order valence-corrected chi connectivity index (χ4v) is 2.07. The molecular formula is C10H15BrN2OS. The molecule has 0 aliphatic rings. The van der Waals surface area contributed by atoms with Gasteiger partial charge >= 0.3 is 0 Å². The number of alkyl halides is 1. The largest absolute Gasteiger partial charge is 0.346 e. The molecule has 1 aromatic rings. The smallest absolute Gasteiger partial charge is 0.234 e. The average Bonchev–Trinajstić information content (AvgIpc) is 2.65. The van der Waals surface area contributed by atoms with Gasteiger partial charge in [-0.1, -0.05) is 22.9 Å². The van der Waals surface area contributed by atoms with Gasteiger partial charge in [-0.15, -0.1) is 11.3 Å². The minimum atomic E-state index is -0.162. The molecule has 1 heterocycles. The molecule has 3 nitrogen and oxygen atoms in total. The Balaban J connectivity index is 2.60. The topological polar surface area (TPSA) is 42.0 Å². The third-order valence-electron chi connectivity index (χ3n) is 2.01. The molecule has 0 spiro atoms. The summed E-state index contributed by atoms with van der Waals surface area (Å²) < 4.78 is 0. The molecule has 0 fully saturated rings. The maximum atomic E-state index is 11.4. The summed E-state index contributed by atoms with van der Waals surface area (Å²) in [5.74, 6) is -0.00394. The van der Waals surface area contributed by atoms with Crippen LogP contribution in [0.15, 0.2) is 6.20 Å². The quantitative estimate of drug-likeness (QED) is 0.867. The summed E-state index contributed by atoms with van der Waals surface area (Å²) in [4.78, 5) is 16.8. The Bertz CT molecular complexity index is 338. The molecule has 15 heavy (non-hydrogen) atoms. The van der Waals surface area contributed by atoms with Gasteiger partial charge in [-0.2, -0.15) is 0 Å². The summed E-state index contributed by atoms with van der Waals surface area (Å²) in [6.07, 6.45) is 2.87. The lowest BCUT2D eigenvalue weighted by molar-refractivity contribution is -0.120. The van der Waals surface area contributed by atoms with Gasteiger partial charge in [0, 0.05) is 11.1 Å². The van der Waals surface area contributed by atoms with E-state index in [4.69, 9.17) is 0 Å². The number of thiazole rings is 1. The second-order valence-corrected chi connectivity index (χ2v) is 5.88. The monoisotopic (exact) mass is 290 g/mol. The number of aromatic nitrogens is 1. The lowest BCUT2D eigenvalue weighted by atomic mass is 10.3. The van der Waals surface area contributed by atoms with E-state index in [0.717, 1.165) is 11.4 Å². The van der Waals surface area contributed by atoms with Crippen LogP contribution in [0.1, 0.15) is 36.7 Å². The number of hydrogen-bond donors (Lipinski definition) is 1. The van der Waals surface area contributed by atoms with Gasteiger partial charge in [-0.3, -0.25) is 4.79 Å². The molecule has 5 heteroatoms. The van der Waals surface area contributed by atoms with Crippen LogP contribution in [0.25, 0.3) is 0 Å². The molecule has 1 rings (SSSR count). The number of nitrogens with zero attached hydrogens (tertiary/aromatic N) is 1. The normalized spacial score (nSPS) is 14.7. The number of aryl methyl sites for hydroxylation is 1. The zero-order valence-corrected chi connectivity index (χ0v) is 11.5. The van der Waals surface area contributed by atoms with E-state index in [2.05, 4.69) is 33.2 Å². The van der Waals surface area contributed by atoms with Crippen molar-refractivity contribution in [2.24, 2.45) is 0 Å². The number of carbonyl (C=O) groups is 1. The van der Waals surface area contributed by atoms with Crippen molar-refractivity contribution in [1.29, 1.82) is 0 Å².